The van der Waals surface area contributed by atoms with Crippen molar-refractivity contribution in [2.75, 3.05) is 13.6 Å². The van der Waals surface area contributed by atoms with Gasteiger partial charge in [0.25, 0.3) is 0 Å². The molecule has 7 heteroatoms. The number of H-pyrrole nitrogens is 1. The number of fused-ring (bicyclic) bond motifs is 2. The number of amides is 1. The van der Waals surface area contributed by atoms with Crippen LogP contribution in [-0.4, -0.2) is 50.2 Å². The van der Waals surface area contributed by atoms with E-state index in [1.165, 1.54) is 0 Å². The summed E-state index contributed by atoms with van der Waals surface area (Å²) in [5.74, 6) is 0.960. The number of aromatic amines is 1. The number of hydrogen-bond donors (Lipinski definition) is 2. The lowest BCUT2D eigenvalue weighted by atomic mass is 9.97. The predicted octanol–water partition coefficient (Wildman–Crippen LogP) is 2.86. The van der Waals surface area contributed by atoms with Crippen molar-refractivity contribution in [1.29, 1.82) is 0 Å². The molecule has 1 amide bonds. The van der Waals surface area contributed by atoms with Gasteiger partial charge in [0.05, 0.1) is 22.6 Å². The van der Waals surface area contributed by atoms with Gasteiger partial charge in [-0.2, -0.15) is 5.10 Å². The van der Waals surface area contributed by atoms with Crippen molar-refractivity contribution in [3.8, 4) is 0 Å². The van der Waals surface area contributed by atoms with Crippen LogP contribution in [0.1, 0.15) is 24.7 Å². The van der Waals surface area contributed by atoms with Crippen LogP contribution in [0.2, 0.25) is 0 Å². The highest BCUT2D eigenvalue weighted by Crippen LogP contribution is 2.29. The van der Waals surface area contributed by atoms with Crippen LogP contribution in [0.3, 0.4) is 0 Å². The van der Waals surface area contributed by atoms with Crippen LogP contribution in [-0.2, 0) is 11.3 Å². The quantitative estimate of drug-likeness (QED) is 0.563. The van der Waals surface area contributed by atoms with Crippen molar-refractivity contribution in [1.82, 2.24) is 30.0 Å². The second kappa shape index (κ2) is 7.33. The molecule has 1 aliphatic rings. The molecule has 2 atom stereocenters. The summed E-state index contributed by atoms with van der Waals surface area (Å²) in [6.45, 7) is 1.15. The Morgan fingerprint density at radius 1 is 1.17 bits per heavy atom. The number of nitrogens with one attached hydrogen (secondary N) is 2. The van der Waals surface area contributed by atoms with Gasteiger partial charge in [-0.3, -0.25) is 14.4 Å². The van der Waals surface area contributed by atoms with Gasteiger partial charge in [0.1, 0.15) is 12.4 Å². The number of aromatic nitrogens is 4. The number of para-hydroxylation sites is 2. The largest absolute Gasteiger partial charge is 0.352 e. The van der Waals surface area contributed by atoms with Crippen molar-refractivity contribution in [3.63, 3.8) is 0 Å². The third-order valence-corrected chi connectivity index (χ3v) is 5.73. The molecule has 2 N–H and O–H groups in total. The number of piperidine rings is 1. The Morgan fingerprint density at radius 2 is 1.97 bits per heavy atom. The van der Waals surface area contributed by atoms with Crippen molar-refractivity contribution in [2.45, 2.75) is 31.5 Å². The van der Waals surface area contributed by atoms with Crippen LogP contribution in [0, 0.1) is 0 Å². The van der Waals surface area contributed by atoms with Crippen LogP contribution >= 0.6 is 0 Å². The molecule has 7 nitrogen and oxygen atoms in total. The van der Waals surface area contributed by atoms with Gasteiger partial charge in [0.2, 0.25) is 5.91 Å². The second-order valence-corrected chi connectivity index (χ2v) is 7.81. The lowest BCUT2D eigenvalue weighted by molar-refractivity contribution is -0.123. The van der Waals surface area contributed by atoms with Crippen LogP contribution < -0.4 is 5.32 Å². The van der Waals surface area contributed by atoms with E-state index in [0.29, 0.717) is 0 Å². The van der Waals surface area contributed by atoms with Gasteiger partial charge in [-0.15, -0.1) is 0 Å². The zero-order valence-corrected chi connectivity index (χ0v) is 16.4. The Labute approximate surface area is 168 Å². The summed E-state index contributed by atoms with van der Waals surface area (Å²) >= 11 is 0. The van der Waals surface area contributed by atoms with E-state index >= 15 is 0 Å². The first kappa shape index (κ1) is 17.9. The monoisotopic (exact) mass is 388 g/mol. The average molecular weight is 388 g/mol. The fraction of sp³-hybridized carbons (Fsp3) is 0.318. The van der Waals surface area contributed by atoms with Gasteiger partial charge in [-0.25, -0.2) is 4.98 Å². The SMILES string of the molecule is CN1CC[C@@H](NC(=O)Cn2cc3ccccc3n2)C[C@@H]1c1nc2ccccc2[nH]1. The van der Waals surface area contributed by atoms with Gasteiger partial charge >= 0.3 is 0 Å². The zero-order chi connectivity index (χ0) is 19.8. The molecule has 4 aromatic rings. The first-order chi connectivity index (χ1) is 14.2. The lowest BCUT2D eigenvalue weighted by Gasteiger charge is -2.36. The molecule has 0 unspecified atom stereocenters. The summed E-state index contributed by atoms with van der Waals surface area (Å²) in [7, 11) is 2.12. The number of rotatable bonds is 4. The Balaban J connectivity index is 1.26. The van der Waals surface area contributed by atoms with E-state index in [-0.39, 0.29) is 24.5 Å². The number of nitrogens with zero attached hydrogens (tertiary/aromatic N) is 4. The van der Waals surface area contributed by atoms with Crippen molar-refractivity contribution in [2.24, 2.45) is 0 Å². The summed E-state index contributed by atoms with van der Waals surface area (Å²) in [5, 5.41) is 8.72. The van der Waals surface area contributed by atoms with Gasteiger partial charge < -0.3 is 10.3 Å². The van der Waals surface area contributed by atoms with Gasteiger partial charge in [0, 0.05) is 24.2 Å². The van der Waals surface area contributed by atoms with E-state index < -0.39 is 0 Å². The van der Waals surface area contributed by atoms with Gasteiger partial charge in [-0.1, -0.05) is 30.3 Å². The van der Waals surface area contributed by atoms with Gasteiger partial charge in [0.15, 0.2) is 0 Å². The van der Waals surface area contributed by atoms with Crippen molar-refractivity contribution in [3.05, 3.63) is 60.6 Å². The molecule has 1 saturated heterocycles. The molecular formula is C22H24N6O. The molecule has 2 aromatic heterocycles. The van der Waals surface area contributed by atoms with Crippen LogP contribution in [0.15, 0.2) is 54.7 Å². The topological polar surface area (TPSA) is 78.8 Å². The normalized spacial score (nSPS) is 20.3. The van der Waals surface area contributed by atoms with Crippen LogP contribution in [0.4, 0.5) is 0 Å². The minimum absolute atomic E-state index is 0.00397. The molecule has 0 spiro atoms. The number of imidazole rings is 1. The lowest BCUT2D eigenvalue weighted by Crippen LogP contribution is -2.46. The first-order valence-electron chi connectivity index (χ1n) is 10.0. The highest BCUT2D eigenvalue weighted by molar-refractivity contribution is 5.80. The number of hydrogen-bond acceptors (Lipinski definition) is 4. The van der Waals surface area contributed by atoms with E-state index in [9.17, 15) is 4.79 Å². The summed E-state index contributed by atoms with van der Waals surface area (Å²) in [6.07, 6.45) is 3.68. The number of benzene rings is 2. The van der Waals surface area contributed by atoms with Gasteiger partial charge in [-0.05, 0) is 38.1 Å². The minimum atomic E-state index is -0.00397. The smallest absolute Gasteiger partial charge is 0.241 e. The fourth-order valence-corrected chi connectivity index (χ4v) is 4.18. The van der Waals surface area contributed by atoms with Crippen LogP contribution in [0.25, 0.3) is 21.9 Å². The number of likely N-dealkylation sites (tertiary alicyclic amines) is 1. The maximum absolute atomic E-state index is 12.6. The summed E-state index contributed by atoms with van der Waals surface area (Å²) in [5.41, 5.74) is 2.94. The standard InChI is InChI=1S/C22H24N6O/c1-27-11-10-16(12-20(27)22-24-18-8-4-5-9-19(18)25-22)23-21(29)14-28-13-15-6-2-3-7-17(15)26-28/h2-9,13,16,20H,10-12,14H2,1H3,(H,23,29)(H,24,25)/t16-,20-/m1/s1. The molecule has 0 aliphatic carbocycles. The molecule has 1 aliphatic heterocycles. The molecule has 0 bridgehead atoms. The molecule has 0 radical (unpaired) electrons. The fourth-order valence-electron chi connectivity index (χ4n) is 4.18. The molecule has 29 heavy (non-hydrogen) atoms. The number of carbonyl (C=O) groups is 1. The second-order valence-electron chi connectivity index (χ2n) is 7.81. The third-order valence-electron chi connectivity index (χ3n) is 5.73. The number of carbonyl (C=O) groups excluding carboxylic acids is 1. The summed E-state index contributed by atoms with van der Waals surface area (Å²) < 4.78 is 1.71. The highest BCUT2D eigenvalue weighted by Gasteiger charge is 2.30. The van der Waals surface area contributed by atoms with E-state index in [4.69, 9.17) is 4.98 Å². The van der Waals surface area contributed by atoms with Crippen molar-refractivity contribution >= 4 is 27.8 Å². The van der Waals surface area contributed by atoms with Crippen molar-refractivity contribution < 1.29 is 4.79 Å². The van der Waals surface area contributed by atoms with Crippen LogP contribution in [0.5, 0.6) is 0 Å². The zero-order valence-electron chi connectivity index (χ0n) is 16.4. The van der Waals surface area contributed by atoms with E-state index in [1.54, 1.807) is 4.68 Å². The van der Waals surface area contributed by atoms with E-state index in [1.807, 2.05) is 54.7 Å². The first-order valence-corrected chi connectivity index (χ1v) is 10.0. The molecule has 1 fully saturated rings. The predicted molar refractivity (Wildman–Crippen MR) is 112 cm³/mol. The molecule has 148 valence electrons. The highest BCUT2D eigenvalue weighted by atomic mass is 16.2. The molecule has 0 saturated carbocycles. The maximum atomic E-state index is 12.6. The Bertz CT molecular complexity index is 1100. The average Bonchev–Trinajstić information content (AvgIpc) is 3.32. The molecule has 2 aromatic carbocycles. The Hall–Kier alpha value is -3.19. The Kier molecular flexibility index (Phi) is 4.52. The maximum Gasteiger partial charge on any atom is 0.241 e. The molecule has 3 heterocycles. The molecule has 5 rings (SSSR count). The molecular weight excluding hydrogens is 364 g/mol. The van der Waals surface area contributed by atoms with E-state index in [0.717, 1.165) is 47.1 Å². The Morgan fingerprint density at radius 3 is 2.79 bits per heavy atom. The van der Waals surface area contributed by atoms with E-state index in [2.05, 4.69) is 27.3 Å². The summed E-state index contributed by atoms with van der Waals surface area (Å²) in [6, 6.07) is 16.3. The minimum Gasteiger partial charge on any atom is -0.352 e. The third kappa shape index (κ3) is 3.61. The summed E-state index contributed by atoms with van der Waals surface area (Å²) in [4.78, 5) is 23.1.